The van der Waals surface area contributed by atoms with Crippen molar-refractivity contribution in [3.63, 3.8) is 0 Å². The second-order valence-electron chi connectivity index (χ2n) is 3.28. The number of rotatable bonds is 10. The molecule has 0 rings (SSSR count). The molecule has 0 aromatic rings. The molecular weight excluding hydrogens is 263 g/mol. The molecule has 0 heterocycles. The molecule has 0 aromatic carbocycles. The van der Waals surface area contributed by atoms with E-state index in [1.807, 2.05) is 0 Å². The Morgan fingerprint density at radius 2 is 1.94 bits per heavy atom. The van der Waals surface area contributed by atoms with Crippen molar-refractivity contribution in [2.75, 3.05) is 25.3 Å². The fourth-order valence-electron chi connectivity index (χ4n) is 1.22. The smallest absolute Gasteiger partial charge is 0.344 e. The van der Waals surface area contributed by atoms with Gasteiger partial charge in [-0.15, -0.1) is 0 Å². The Hall–Kier alpha value is -0.0700. The van der Waals surface area contributed by atoms with E-state index >= 15 is 0 Å². The number of hydrogen-bond acceptors (Lipinski definition) is 6. The van der Waals surface area contributed by atoms with Crippen LogP contribution in [0, 0.1) is 0 Å². The molecule has 3 N–H and O–H groups in total. The molecule has 0 spiro atoms. The Morgan fingerprint density at radius 1 is 1.41 bits per heavy atom. The van der Waals surface area contributed by atoms with Gasteiger partial charge in [0.1, 0.15) is 0 Å². The van der Waals surface area contributed by atoms with E-state index in [-0.39, 0.29) is 19.5 Å². The van der Waals surface area contributed by atoms with Gasteiger partial charge in [0.25, 0.3) is 0 Å². The van der Waals surface area contributed by atoms with Gasteiger partial charge in [-0.1, -0.05) is 0 Å². The molecule has 102 valence electrons. The van der Waals surface area contributed by atoms with Crippen LogP contribution in [0.2, 0.25) is 0 Å². The normalized spacial score (nSPS) is 13.6. The number of primary amides is 1. The zero-order valence-electron chi connectivity index (χ0n) is 10.2. The number of nitrogens with one attached hydrogen (secondary N) is 1. The average Bonchev–Trinajstić information content (AvgIpc) is 2.24. The molecular formula is C9H21N2O4PS. The zero-order chi connectivity index (χ0) is 13.3. The van der Waals surface area contributed by atoms with Gasteiger partial charge in [-0.3, -0.25) is 14.7 Å². The molecule has 8 heteroatoms. The summed E-state index contributed by atoms with van der Waals surface area (Å²) < 4.78 is 22.2. The number of amides is 1. The number of carbonyl (C=O) groups is 1. The minimum atomic E-state index is -3.18. The van der Waals surface area contributed by atoms with E-state index in [0.29, 0.717) is 12.2 Å². The van der Waals surface area contributed by atoms with Crippen molar-refractivity contribution in [3.05, 3.63) is 0 Å². The van der Waals surface area contributed by atoms with Crippen LogP contribution < -0.4 is 11.1 Å². The molecule has 0 fully saturated rings. The molecule has 0 aliphatic carbocycles. The quantitative estimate of drug-likeness (QED) is 0.411. The molecule has 0 aliphatic rings. The van der Waals surface area contributed by atoms with Crippen molar-refractivity contribution >= 4 is 26.1 Å². The standard InChI is InChI=1S/C9H21N2O4PS/c1-3-14-16(13,15-4-2)7-11-8(5-6-17)9(10)12/h8,11,17H,3-7H2,1-2H3,(H2,10,12)/t8-/m0/s1. The molecule has 0 saturated heterocycles. The van der Waals surface area contributed by atoms with Crippen LogP contribution in [0.25, 0.3) is 0 Å². The van der Waals surface area contributed by atoms with Crippen LogP contribution in [0.5, 0.6) is 0 Å². The summed E-state index contributed by atoms with van der Waals surface area (Å²) in [6.07, 6.45) is 0.437. The van der Waals surface area contributed by atoms with Crippen LogP contribution >= 0.6 is 20.2 Å². The summed E-state index contributed by atoms with van der Waals surface area (Å²) in [7, 11) is -3.18. The SMILES string of the molecule is CCOP(=O)(CN[C@@H](CCS)C(N)=O)OCC. The van der Waals surface area contributed by atoms with Gasteiger partial charge in [0.2, 0.25) is 5.91 Å². The first-order valence-electron chi connectivity index (χ1n) is 5.50. The highest BCUT2D eigenvalue weighted by atomic mass is 32.1. The van der Waals surface area contributed by atoms with E-state index in [1.165, 1.54) is 0 Å². The van der Waals surface area contributed by atoms with Crippen molar-refractivity contribution in [2.24, 2.45) is 5.73 Å². The number of hydrogen-bond donors (Lipinski definition) is 3. The first-order valence-corrected chi connectivity index (χ1v) is 7.86. The maximum atomic E-state index is 12.1. The molecule has 6 nitrogen and oxygen atoms in total. The van der Waals surface area contributed by atoms with E-state index < -0.39 is 19.5 Å². The van der Waals surface area contributed by atoms with Gasteiger partial charge in [0.15, 0.2) is 0 Å². The average molecular weight is 284 g/mol. The Kier molecular flexibility index (Phi) is 8.90. The maximum Gasteiger partial charge on any atom is 0.344 e. The van der Waals surface area contributed by atoms with Gasteiger partial charge in [-0.05, 0) is 26.0 Å². The van der Waals surface area contributed by atoms with Crippen molar-refractivity contribution in [2.45, 2.75) is 26.3 Å². The molecule has 0 aromatic heterocycles. The second kappa shape index (κ2) is 8.94. The molecule has 0 radical (unpaired) electrons. The zero-order valence-corrected chi connectivity index (χ0v) is 12.0. The fourth-order valence-corrected chi connectivity index (χ4v) is 2.96. The second-order valence-corrected chi connectivity index (χ2v) is 5.78. The van der Waals surface area contributed by atoms with E-state index in [4.69, 9.17) is 14.8 Å². The van der Waals surface area contributed by atoms with Crippen LogP contribution in [0.4, 0.5) is 0 Å². The fraction of sp³-hybridized carbons (Fsp3) is 0.889. The van der Waals surface area contributed by atoms with Gasteiger partial charge in [0, 0.05) is 0 Å². The highest BCUT2D eigenvalue weighted by molar-refractivity contribution is 7.80. The van der Waals surface area contributed by atoms with Crippen LogP contribution in [0.1, 0.15) is 20.3 Å². The number of nitrogens with two attached hydrogens (primary N) is 1. The summed E-state index contributed by atoms with van der Waals surface area (Å²) in [5.41, 5.74) is 5.19. The third kappa shape index (κ3) is 7.06. The Labute approximate surface area is 108 Å². The number of thiol groups is 1. The van der Waals surface area contributed by atoms with Crippen LogP contribution in [-0.2, 0) is 18.4 Å². The highest BCUT2D eigenvalue weighted by Crippen LogP contribution is 2.46. The van der Waals surface area contributed by atoms with Gasteiger partial charge in [0.05, 0.1) is 25.5 Å². The van der Waals surface area contributed by atoms with E-state index in [1.54, 1.807) is 13.8 Å². The third-order valence-corrected chi connectivity index (χ3v) is 4.08. The third-order valence-electron chi connectivity index (χ3n) is 1.94. The number of carbonyl (C=O) groups excluding carboxylic acids is 1. The molecule has 0 aliphatic heterocycles. The first kappa shape index (κ1) is 16.9. The summed E-state index contributed by atoms with van der Waals surface area (Å²) in [6.45, 7) is 4.02. The monoisotopic (exact) mass is 284 g/mol. The molecule has 0 saturated carbocycles. The van der Waals surface area contributed by atoms with Gasteiger partial charge >= 0.3 is 7.60 Å². The molecule has 1 atom stereocenters. The summed E-state index contributed by atoms with van der Waals surface area (Å²) in [5.74, 6) is 0.00681. The molecule has 0 unspecified atom stereocenters. The lowest BCUT2D eigenvalue weighted by molar-refractivity contribution is -0.119. The maximum absolute atomic E-state index is 12.1. The van der Waals surface area contributed by atoms with Crippen molar-refractivity contribution < 1.29 is 18.4 Å². The molecule has 1 amide bonds. The topological polar surface area (TPSA) is 90.6 Å². The molecule has 0 bridgehead atoms. The predicted molar refractivity (Wildman–Crippen MR) is 70.3 cm³/mol. The van der Waals surface area contributed by atoms with Gasteiger partial charge in [-0.25, -0.2) is 0 Å². The minimum absolute atomic E-state index is 0.0317. The Morgan fingerprint density at radius 3 is 2.29 bits per heavy atom. The summed E-state index contributed by atoms with van der Waals surface area (Å²) in [4.78, 5) is 11.1. The van der Waals surface area contributed by atoms with E-state index in [0.717, 1.165) is 0 Å². The van der Waals surface area contributed by atoms with E-state index in [9.17, 15) is 9.36 Å². The predicted octanol–water partition coefficient (Wildman–Crippen LogP) is 0.973. The Bertz CT molecular complexity index is 268. The van der Waals surface area contributed by atoms with E-state index in [2.05, 4.69) is 17.9 Å². The van der Waals surface area contributed by atoms with Crippen LogP contribution in [0.15, 0.2) is 0 Å². The summed E-state index contributed by atoms with van der Waals surface area (Å²) in [6, 6.07) is -0.568. The van der Waals surface area contributed by atoms with Gasteiger partial charge in [-0.2, -0.15) is 12.6 Å². The first-order chi connectivity index (χ1) is 7.99. The summed E-state index contributed by atoms with van der Waals surface area (Å²) >= 11 is 4.02. The van der Waals surface area contributed by atoms with Crippen molar-refractivity contribution in [3.8, 4) is 0 Å². The largest absolute Gasteiger partial charge is 0.368 e. The molecule has 17 heavy (non-hydrogen) atoms. The minimum Gasteiger partial charge on any atom is -0.368 e. The van der Waals surface area contributed by atoms with Crippen molar-refractivity contribution in [1.82, 2.24) is 5.32 Å². The lowest BCUT2D eigenvalue weighted by Crippen LogP contribution is -2.42. The highest BCUT2D eigenvalue weighted by Gasteiger charge is 2.26. The lowest BCUT2D eigenvalue weighted by Gasteiger charge is -2.20. The van der Waals surface area contributed by atoms with Gasteiger partial charge < -0.3 is 14.8 Å². The van der Waals surface area contributed by atoms with Crippen LogP contribution in [0.3, 0.4) is 0 Å². The lowest BCUT2D eigenvalue weighted by atomic mass is 10.2. The summed E-state index contributed by atoms with van der Waals surface area (Å²) in [5, 5.41) is 2.79. The Balaban J connectivity index is 4.35. The van der Waals surface area contributed by atoms with Crippen LogP contribution in [-0.4, -0.2) is 37.2 Å². The van der Waals surface area contributed by atoms with Crippen molar-refractivity contribution in [1.29, 1.82) is 0 Å².